The summed E-state index contributed by atoms with van der Waals surface area (Å²) in [5.74, 6) is 2.38. The Labute approximate surface area is 116 Å². The fourth-order valence-corrected chi connectivity index (χ4v) is 3.91. The zero-order valence-electron chi connectivity index (χ0n) is 10.5. The first kappa shape index (κ1) is 12.4. The first-order chi connectivity index (χ1) is 8.78. The lowest BCUT2D eigenvalue weighted by Gasteiger charge is -2.26. The van der Waals surface area contributed by atoms with E-state index in [1.165, 1.54) is 32.1 Å². The first-order valence-electron chi connectivity index (χ1n) is 6.68. The van der Waals surface area contributed by atoms with Gasteiger partial charge in [-0.2, -0.15) is 0 Å². The number of hydrogen-bond donors (Lipinski definition) is 0. The van der Waals surface area contributed by atoms with Crippen LogP contribution in [0.4, 0.5) is 0 Å². The molecule has 3 rings (SSSR count). The molecule has 0 spiro atoms. The van der Waals surface area contributed by atoms with Gasteiger partial charge in [-0.3, -0.25) is 0 Å². The number of nitrogens with zero attached hydrogens (tertiary/aromatic N) is 2. The van der Waals surface area contributed by atoms with Crippen LogP contribution in [0.15, 0.2) is 11.4 Å². The van der Waals surface area contributed by atoms with E-state index in [1.54, 1.807) is 11.3 Å². The maximum atomic E-state index is 6.23. The Hall–Kier alpha value is -0.670. The van der Waals surface area contributed by atoms with Gasteiger partial charge in [-0.05, 0) is 43.0 Å². The van der Waals surface area contributed by atoms with E-state index in [2.05, 4.69) is 11.9 Å². The predicted molar refractivity (Wildman–Crippen MR) is 77.4 cm³/mol. The number of fused-ring (bicyclic) bond motifs is 1. The lowest BCUT2D eigenvalue weighted by atomic mass is 9.80. The van der Waals surface area contributed by atoms with Gasteiger partial charge in [-0.25, -0.2) is 9.97 Å². The summed E-state index contributed by atoms with van der Waals surface area (Å²) in [5, 5.41) is 3.64. The third-order valence-corrected chi connectivity index (χ3v) is 5.18. The molecular weight excluding hydrogens is 264 g/mol. The molecule has 1 aliphatic rings. The number of thiophene rings is 1. The van der Waals surface area contributed by atoms with E-state index in [0.717, 1.165) is 22.0 Å². The molecule has 0 saturated heterocycles. The van der Waals surface area contributed by atoms with E-state index >= 15 is 0 Å². The van der Waals surface area contributed by atoms with E-state index in [4.69, 9.17) is 16.6 Å². The third-order valence-electron chi connectivity index (χ3n) is 4.09. The second-order valence-electron chi connectivity index (χ2n) is 5.14. The van der Waals surface area contributed by atoms with Crippen LogP contribution in [0.1, 0.15) is 50.8 Å². The predicted octanol–water partition coefficient (Wildman–Crippen LogP) is 5.03. The lowest BCUT2D eigenvalue weighted by Crippen LogP contribution is -2.14. The average Bonchev–Trinajstić information content (AvgIpc) is 2.88. The molecule has 96 valence electrons. The smallest absolute Gasteiger partial charge is 0.141 e. The topological polar surface area (TPSA) is 25.8 Å². The van der Waals surface area contributed by atoms with E-state index in [0.29, 0.717) is 11.1 Å². The zero-order chi connectivity index (χ0) is 12.5. The summed E-state index contributed by atoms with van der Waals surface area (Å²) < 4.78 is 0. The molecule has 4 heteroatoms. The molecule has 0 unspecified atom stereocenters. The van der Waals surface area contributed by atoms with Crippen molar-refractivity contribution in [3.05, 3.63) is 22.4 Å². The molecule has 2 aromatic heterocycles. The van der Waals surface area contributed by atoms with Crippen LogP contribution in [-0.4, -0.2) is 9.97 Å². The summed E-state index contributed by atoms with van der Waals surface area (Å²) in [5.41, 5.74) is 0. The van der Waals surface area contributed by atoms with Gasteiger partial charge in [0, 0.05) is 11.3 Å². The van der Waals surface area contributed by atoms with Crippen LogP contribution >= 0.6 is 22.9 Å². The van der Waals surface area contributed by atoms with Gasteiger partial charge >= 0.3 is 0 Å². The monoisotopic (exact) mass is 280 g/mol. The highest BCUT2D eigenvalue weighted by Crippen LogP contribution is 2.37. The normalized spacial score (nSPS) is 24.6. The zero-order valence-corrected chi connectivity index (χ0v) is 12.1. The van der Waals surface area contributed by atoms with E-state index in [9.17, 15) is 0 Å². The average molecular weight is 281 g/mol. The van der Waals surface area contributed by atoms with Gasteiger partial charge in [0.2, 0.25) is 0 Å². The summed E-state index contributed by atoms with van der Waals surface area (Å²) in [4.78, 5) is 10.2. The minimum atomic E-state index is 0.511. The van der Waals surface area contributed by atoms with Crippen molar-refractivity contribution in [3.63, 3.8) is 0 Å². The summed E-state index contributed by atoms with van der Waals surface area (Å²) in [6.07, 6.45) is 6.35. The van der Waals surface area contributed by atoms with Crippen molar-refractivity contribution in [2.24, 2.45) is 5.92 Å². The first-order valence-corrected chi connectivity index (χ1v) is 7.94. The van der Waals surface area contributed by atoms with Crippen molar-refractivity contribution in [2.45, 2.75) is 44.9 Å². The maximum absolute atomic E-state index is 6.23. The Kier molecular flexibility index (Phi) is 3.53. The number of aromatic nitrogens is 2. The standard InChI is InChI=1S/C14H17ClN2S/c1-2-9-3-5-10(6-4-9)13-16-12(15)11-7-8-18-14(11)17-13/h7-10H,2-6H2,1H3. The Morgan fingerprint density at radius 2 is 2.06 bits per heavy atom. The van der Waals surface area contributed by atoms with Crippen LogP contribution in [0.25, 0.3) is 10.2 Å². The minimum absolute atomic E-state index is 0.511. The van der Waals surface area contributed by atoms with Crippen molar-refractivity contribution >= 4 is 33.2 Å². The van der Waals surface area contributed by atoms with Gasteiger partial charge < -0.3 is 0 Å². The molecule has 0 N–H and O–H groups in total. The Bertz CT molecular complexity index is 544. The van der Waals surface area contributed by atoms with E-state index in [1.807, 2.05) is 11.4 Å². The van der Waals surface area contributed by atoms with Crippen LogP contribution in [0.2, 0.25) is 5.15 Å². The second kappa shape index (κ2) is 5.14. The van der Waals surface area contributed by atoms with E-state index < -0.39 is 0 Å². The van der Waals surface area contributed by atoms with Crippen molar-refractivity contribution in [2.75, 3.05) is 0 Å². The Morgan fingerprint density at radius 1 is 1.28 bits per heavy atom. The fourth-order valence-electron chi connectivity index (χ4n) is 2.85. The van der Waals surface area contributed by atoms with Gasteiger partial charge in [0.1, 0.15) is 15.8 Å². The highest BCUT2D eigenvalue weighted by Gasteiger charge is 2.24. The SMILES string of the molecule is CCC1CCC(c2nc(Cl)c3ccsc3n2)CC1. The van der Waals surface area contributed by atoms with Gasteiger partial charge in [0.15, 0.2) is 0 Å². The summed E-state index contributed by atoms with van der Waals surface area (Å²) >= 11 is 7.88. The number of rotatable bonds is 2. The molecule has 2 nitrogen and oxygen atoms in total. The van der Waals surface area contributed by atoms with Crippen LogP contribution in [-0.2, 0) is 0 Å². The number of halogens is 1. The van der Waals surface area contributed by atoms with Crippen LogP contribution in [0.3, 0.4) is 0 Å². The van der Waals surface area contributed by atoms with Crippen LogP contribution in [0.5, 0.6) is 0 Å². The molecule has 0 aliphatic heterocycles. The van der Waals surface area contributed by atoms with Crippen molar-refractivity contribution in [1.82, 2.24) is 9.97 Å². The second-order valence-corrected chi connectivity index (χ2v) is 6.39. The molecule has 1 saturated carbocycles. The van der Waals surface area contributed by atoms with Crippen molar-refractivity contribution < 1.29 is 0 Å². The van der Waals surface area contributed by atoms with Crippen molar-refractivity contribution in [1.29, 1.82) is 0 Å². The highest BCUT2D eigenvalue weighted by molar-refractivity contribution is 7.16. The van der Waals surface area contributed by atoms with Gasteiger partial charge in [0.05, 0.1) is 0 Å². The molecule has 1 fully saturated rings. The molecule has 0 atom stereocenters. The molecule has 18 heavy (non-hydrogen) atoms. The number of hydrogen-bond acceptors (Lipinski definition) is 3. The maximum Gasteiger partial charge on any atom is 0.141 e. The molecule has 1 aliphatic carbocycles. The lowest BCUT2D eigenvalue weighted by molar-refractivity contribution is 0.312. The van der Waals surface area contributed by atoms with Crippen LogP contribution < -0.4 is 0 Å². The molecule has 0 radical (unpaired) electrons. The Balaban J connectivity index is 1.86. The Morgan fingerprint density at radius 3 is 2.78 bits per heavy atom. The summed E-state index contributed by atoms with van der Waals surface area (Å²) in [6.45, 7) is 2.29. The quantitative estimate of drug-likeness (QED) is 0.721. The van der Waals surface area contributed by atoms with Crippen molar-refractivity contribution in [3.8, 4) is 0 Å². The highest BCUT2D eigenvalue weighted by atomic mass is 35.5. The summed E-state index contributed by atoms with van der Waals surface area (Å²) in [6, 6.07) is 2.00. The molecule has 2 heterocycles. The molecule has 0 amide bonds. The largest absolute Gasteiger partial charge is 0.222 e. The summed E-state index contributed by atoms with van der Waals surface area (Å²) in [7, 11) is 0. The van der Waals surface area contributed by atoms with Gasteiger partial charge in [-0.15, -0.1) is 11.3 Å². The van der Waals surface area contributed by atoms with Crippen LogP contribution in [0, 0.1) is 5.92 Å². The van der Waals surface area contributed by atoms with Gasteiger partial charge in [-0.1, -0.05) is 24.9 Å². The molecule has 0 bridgehead atoms. The third kappa shape index (κ3) is 2.26. The fraction of sp³-hybridized carbons (Fsp3) is 0.571. The van der Waals surface area contributed by atoms with Gasteiger partial charge in [0.25, 0.3) is 0 Å². The molecule has 0 aromatic carbocycles. The molecular formula is C14H17ClN2S. The van der Waals surface area contributed by atoms with E-state index in [-0.39, 0.29) is 0 Å². The minimum Gasteiger partial charge on any atom is -0.222 e. The molecule has 2 aromatic rings.